The van der Waals surface area contributed by atoms with E-state index in [1.807, 2.05) is 0 Å². The molecule has 0 saturated carbocycles. The van der Waals surface area contributed by atoms with Crippen molar-refractivity contribution in [3.63, 3.8) is 0 Å². The van der Waals surface area contributed by atoms with E-state index in [1.54, 1.807) is 4.90 Å². The molecule has 0 unspecified atom stereocenters. The number of thiazole rings is 1. The van der Waals surface area contributed by atoms with Crippen LogP contribution in [0.5, 0.6) is 5.75 Å². The average Bonchev–Trinajstić information content (AvgIpc) is 3.02. The summed E-state index contributed by atoms with van der Waals surface area (Å²) in [5, 5.41) is 2.98. The van der Waals surface area contributed by atoms with Crippen LogP contribution in [0.25, 0.3) is 0 Å². The highest BCUT2D eigenvalue weighted by Crippen LogP contribution is 2.28. The Labute approximate surface area is 147 Å². The highest BCUT2D eigenvalue weighted by Gasteiger charge is 2.24. The first kappa shape index (κ1) is 17.2. The number of benzene rings is 1. The van der Waals surface area contributed by atoms with Gasteiger partial charge in [0.1, 0.15) is 11.6 Å². The number of hydrogen-bond acceptors (Lipinski definition) is 6. The fourth-order valence-electron chi connectivity index (χ4n) is 2.37. The molecule has 132 valence electrons. The van der Waals surface area contributed by atoms with Gasteiger partial charge in [0, 0.05) is 17.8 Å². The van der Waals surface area contributed by atoms with Gasteiger partial charge in [0.15, 0.2) is 11.7 Å². The van der Waals surface area contributed by atoms with Crippen molar-refractivity contribution in [2.75, 3.05) is 25.6 Å². The molecule has 0 aliphatic carbocycles. The number of hydrogen-bond donors (Lipinski definition) is 1. The van der Waals surface area contributed by atoms with Crippen LogP contribution in [-0.4, -0.2) is 42.1 Å². The van der Waals surface area contributed by atoms with Crippen LogP contribution in [-0.2, 0) is 22.5 Å². The lowest BCUT2D eigenvalue weighted by atomic mass is 10.2. The summed E-state index contributed by atoms with van der Waals surface area (Å²) >= 11 is 1.32. The predicted octanol–water partition coefficient (Wildman–Crippen LogP) is 2.42. The van der Waals surface area contributed by atoms with E-state index in [2.05, 4.69) is 15.0 Å². The van der Waals surface area contributed by atoms with Crippen LogP contribution in [0.2, 0.25) is 0 Å². The van der Waals surface area contributed by atoms with Gasteiger partial charge in [-0.25, -0.2) is 14.2 Å². The SMILES string of the molecule is COC(=O)Nc1nc2c(s1)CN(C(=O)COc1ccc(F)cc1)CC2. The number of carbonyl (C=O) groups is 2. The molecular formula is C16H16FN3O4S. The molecule has 25 heavy (non-hydrogen) atoms. The summed E-state index contributed by atoms with van der Waals surface area (Å²) in [5.74, 6) is -0.0792. The molecule has 1 aliphatic rings. The molecule has 1 N–H and O–H groups in total. The Hall–Kier alpha value is -2.68. The Bertz CT molecular complexity index is 778. The first-order chi connectivity index (χ1) is 12.0. The van der Waals surface area contributed by atoms with E-state index in [0.717, 1.165) is 10.6 Å². The predicted molar refractivity (Wildman–Crippen MR) is 89.2 cm³/mol. The third-order valence-electron chi connectivity index (χ3n) is 3.65. The van der Waals surface area contributed by atoms with Crippen LogP contribution in [0, 0.1) is 5.82 Å². The van der Waals surface area contributed by atoms with Gasteiger partial charge >= 0.3 is 6.09 Å². The molecule has 0 saturated heterocycles. The van der Waals surface area contributed by atoms with E-state index in [-0.39, 0.29) is 18.3 Å². The molecule has 0 radical (unpaired) electrons. The number of methoxy groups -OCH3 is 1. The monoisotopic (exact) mass is 365 g/mol. The largest absolute Gasteiger partial charge is 0.484 e. The van der Waals surface area contributed by atoms with Gasteiger partial charge in [-0.3, -0.25) is 10.1 Å². The summed E-state index contributed by atoms with van der Waals surface area (Å²) in [4.78, 5) is 30.5. The number of halogens is 1. The van der Waals surface area contributed by atoms with Crippen molar-refractivity contribution in [3.8, 4) is 5.75 Å². The second-order valence-electron chi connectivity index (χ2n) is 5.31. The van der Waals surface area contributed by atoms with Crippen LogP contribution < -0.4 is 10.1 Å². The maximum Gasteiger partial charge on any atom is 0.413 e. The molecule has 1 aromatic heterocycles. The van der Waals surface area contributed by atoms with E-state index >= 15 is 0 Å². The lowest BCUT2D eigenvalue weighted by Crippen LogP contribution is -2.38. The summed E-state index contributed by atoms with van der Waals surface area (Å²) in [6.45, 7) is 0.828. The number of amides is 2. The fraction of sp³-hybridized carbons (Fsp3) is 0.312. The number of rotatable bonds is 4. The Morgan fingerprint density at radius 2 is 2.12 bits per heavy atom. The second kappa shape index (κ2) is 7.47. The molecule has 1 aromatic carbocycles. The van der Waals surface area contributed by atoms with Crippen LogP contribution >= 0.6 is 11.3 Å². The van der Waals surface area contributed by atoms with Crippen molar-refractivity contribution in [1.29, 1.82) is 0 Å². The third-order valence-corrected chi connectivity index (χ3v) is 4.65. The Morgan fingerprint density at radius 1 is 1.36 bits per heavy atom. The van der Waals surface area contributed by atoms with Gasteiger partial charge in [0.25, 0.3) is 5.91 Å². The van der Waals surface area contributed by atoms with Crippen molar-refractivity contribution >= 4 is 28.5 Å². The van der Waals surface area contributed by atoms with Crippen LogP contribution in [0.4, 0.5) is 14.3 Å². The molecule has 7 nitrogen and oxygen atoms in total. The fourth-order valence-corrected chi connectivity index (χ4v) is 3.38. The minimum absolute atomic E-state index is 0.118. The van der Waals surface area contributed by atoms with Crippen LogP contribution in [0.15, 0.2) is 24.3 Å². The number of anilines is 1. The average molecular weight is 365 g/mol. The molecule has 0 fully saturated rings. The van der Waals surface area contributed by atoms with Crippen molar-refractivity contribution in [3.05, 3.63) is 40.7 Å². The summed E-state index contributed by atoms with van der Waals surface area (Å²) in [6.07, 6.45) is 0.0310. The lowest BCUT2D eigenvalue weighted by molar-refractivity contribution is -0.134. The van der Waals surface area contributed by atoms with Gasteiger partial charge in [0.05, 0.1) is 19.3 Å². The molecule has 2 amide bonds. The van der Waals surface area contributed by atoms with Gasteiger partial charge in [0.2, 0.25) is 0 Å². The third kappa shape index (κ3) is 4.24. The Morgan fingerprint density at radius 3 is 2.84 bits per heavy atom. The van der Waals surface area contributed by atoms with E-state index in [0.29, 0.717) is 30.4 Å². The summed E-state index contributed by atoms with van der Waals surface area (Å²) in [7, 11) is 1.28. The minimum Gasteiger partial charge on any atom is -0.484 e. The zero-order chi connectivity index (χ0) is 17.8. The molecule has 2 heterocycles. The summed E-state index contributed by atoms with van der Waals surface area (Å²) in [6, 6.07) is 5.51. The van der Waals surface area contributed by atoms with E-state index < -0.39 is 6.09 Å². The maximum absolute atomic E-state index is 12.9. The molecule has 0 atom stereocenters. The maximum atomic E-state index is 12.9. The number of nitrogens with one attached hydrogen (secondary N) is 1. The highest BCUT2D eigenvalue weighted by molar-refractivity contribution is 7.15. The quantitative estimate of drug-likeness (QED) is 0.900. The van der Waals surface area contributed by atoms with Crippen molar-refractivity contribution in [1.82, 2.24) is 9.88 Å². The van der Waals surface area contributed by atoms with Gasteiger partial charge in [-0.2, -0.15) is 0 Å². The molecule has 0 spiro atoms. The van der Waals surface area contributed by atoms with Gasteiger partial charge in [-0.15, -0.1) is 0 Å². The van der Waals surface area contributed by atoms with E-state index in [4.69, 9.17) is 4.74 Å². The number of fused-ring (bicyclic) bond motifs is 1. The van der Waals surface area contributed by atoms with Gasteiger partial charge < -0.3 is 14.4 Å². The number of nitrogens with zero attached hydrogens (tertiary/aromatic N) is 2. The molecule has 9 heteroatoms. The van der Waals surface area contributed by atoms with Crippen molar-refractivity contribution in [2.45, 2.75) is 13.0 Å². The normalized spacial score (nSPS) is 13.1. The number of ether oxygens (including phenoxy) is 2. The van der Waals surface area contributed by atoms with Gasteiger partial charge in [-0.05, 0) is 24.3 Å². The van der Waals surface area contributed by atoms with Crippen molar-refractivity contribution < 1.29 is 23.5 Å². The molecule has 1 aliphatic heterocycles. The summed E-state index contributed by atoms with van der Waals surface area (Å²) < 4.78 is 22.8. The molecule has 0 bridgehead atoms. The lowest BCUT2D eigenvalue weighted by Gasteiger charge is -2.26. The van der Waals surface area contributed by atoms with E-state index in [1.165, 1.54) is 42.7 Å². The zero-order valence-corrected chi connectivity index (χ0v) is 14.3. The van der Waals surface area contributed by atoms with Crippen molar-refractivity contribution in [2.24, 2.45) is 0 Å². The minimum atomic E-state index is -0.577. The standard InChI is InChI=1S/C16H16FN3O4S/c1-23-16(22)19-15-18-12-6-7-20(8-13(12)25-15)14(21)9-24-11-4-2-10(17)3-5-11/h2-5H,6-9H2,1H3,(H,18,19,22). The zero-order valence-electron chi connectivity index (χ0n) is 13.5. The van der Waals surface area contributed by atoms with E-state index in [9.17, 15) is 14.0 Å². The molecular weight excluding hydrogens is 349 g/mol. The van der Waals surface area contributed by atoms with Gasteiger partial charge in [-0.1, -0.05) is 11.3 Å². The first-order valence-electron chi connectivity index (χ1n) is 7.55. The van der Waals surface area contributed by atoms with Crippen LogP contribution in [0.3, 0.4) is 0 Å². The highest BCUT2D eigenvalue weighted by atomic mass is 32.1. The smallest absolute Gasteiger partial charge is 0.413 e. The molecule has 3 rings (SSSR count). The number of carbonyl (C=O) groups excluding carboxylic acids is 2. The summed E-state index contributed by atoms with van der Waals surface area (Å²) in [5.41, 5.74) is 0.875. The topological polar surface area (TPSA) is 80.8 Å². The first-order valence-corrected chi connectivity index (χ1v) is 8.36. The number of aromatic nitrogens is 1. The van der Waals surface area contributed by atoms with Crippen LogP contribution in [0.1, 0.15) is 10.6 Å². The Kier molecular flexibility index (Phi) is 5.13. The second-order valence-corrected chi connectivity index (χ2v) is 6.40. The Balaban J connectivity index is 1.57. The molecule has 2 aromatic rings.